The molecule has 0 saturated carbocycles. The predicted molar refractivity (Wildman–Crippen MR) is 250 cm³/mol. The normalized spacial score (nSPS) is 11.7. The summed E-state index contributed by atoms with van der Waals surface area (Å²) in [6.07, 6.45) is 0. The Bertz CT molecular complexity index is 3530. The summed E-state index contributed by atoms with van der Waals surface area (Å²) in [6.45, 7) is 0. The molecule has 0 saturated heterocycles. The van der Waals surface area contributed by atoms with Crippen LogP contribution in [0.4, 0.5) is 0 Å². The van der Waals surface area contributed by atoms with Crippen molar-refractivity contribution in [3.8, 4) is 56.4 Å². The monoisotopic (exact) mass is 764 g/mol. The molecule has 0 aliphatic rings. The van der Waals surface area contributed by atoms with Crippen molar-refractivity contribution in [1.82, 2.24) is 19.1 Å². The number of hydrogen-bond donors (Lipinski definition) is 0. The Hall–Kier alpha value is -8.08. The summed E-state index contributed by atoms with van der Waals surface area (Å²) >= 11 is 0. The van der Waals surface area contributed by atoms with Crippen molar-refractivity contribution in [2.24, 2.45) is 0 Å². The van der Waals surface area contributed by atoms with E-state index in [1.807, 2.05) is 24.3 Å². The van der Waals surface area contributed by atoms with Crippen LogP contribution in [0.2, 0.25) is 0 Å². The van der Waals surface area contributed by atoms with Crippen molar-refractivity contribution in [3.05, 3.63) is 218 Å². The summed E-state index contributed by atoms with van der Waals surface area (Å²) in [4.78, 5) is 10.2. The van der Waals surface area contributed by atoms with Gasteiger partial charge < -0.3 is 9.13 Å². The Labute approximate surface area is 346 Å². The lowest BCUT2D eigenvalue weighted by atomic mass is 10.0. The number of aromatic nitrogens is 4. The molecule has 3 heterocycles. The molecule has 0 N–H and O–H groups in total. The molecule has 9 aromatic carbocycles. The Balaban J connectivity index is 1.02. The Morgan fingerprint density at radius 2 is 0.833 bits per heavy atom. The largest absolute Gasteiger partial charge is 0.309 e. The minimum absolute atomic E-state index is 0.705. The van der Waals surface area contributed by atoms with Crippen molar-refractivity contribution in [1.29, 1.82) is 0 Å². The van der Waals surface area contributed by atoms with Crippen LogP contribution in [-0.4, -0.2) is 19.1 Å². The number of benzene rings is 9. The van der Waals surface area contributed by atoms with E-state index >= 15 is 0 Å². The van der Waals surface area contributed by atoms with E-state index in [4.69, 9.17) is 9.97 Å². The number of hydrogen-bond acceptors (Lipinski definition) is 2. The lowest BCUT2D eigenvalue weighted by molar-refractivity contribution is 1.16. The molecule has 12 rings (SSSR count). The molecule has 12 aromatic rings. The van der Waals surface area contributed by atoms with Crippen molar-refractivity contribution < 1.29 is 0 Å². The molecule has 4 nitrogen and oxygen atoms in total. The molecule has 0 fully saturated rings. The fourth-order valence-electron chi connectivity index (χ4n) is 9.12. The summed E-state index contributed by atoms with van der Waals surface area (Å²) < 4.78 is 4.83. The molecular weight excluding hydrogens is 729 g/mol. The van der Waals surface area contributed by atoms with Gasteiger partial charge in [-0.05, 0) is 71.1 Å². The van der Waals surface area contributed by atoms with E-state index in [2.05, 4.69) is 203 Å². The van der Waals surface area contributed by atoms with Crippen LogP contribution in [-0.2, 0) is 0 Å². The van der Waals surface area contributed by atoms with Gasteiger partial charge in [0.1, 0.15) is 0 Å². The van der Waals surface area contributed by atoms with E-state index in [0.29, 0.717) is 5.82 Å². The van der Waals surface area contributed by atoms with Crippen LogP contribution in [0.15, 0.2) is 218 Å². The van der Waals surface area contributed by atoms with E-state index in [0.717, 1.165) is 44.8 Å². The van der Waals surface area contributed by atoms with E-state index in [1.165, 1.54) is 60.2 Å². The van der Waals surface area contributed by atoms with Gasteiger partial charge in [0.15, 0.2) is 5.82 Å². The van der Waals surface area contributed by atoms with Crippen molar-refractivity contribution in [2.75, 3.05) is 0 Å². The molecule has 3 aromatic heterocycles. The summed E-state index contributed by atoms with van der Waals surface area (Å²) in [5.74, 6) is 0.705. The second kappa shape index (κ2) is 13.8. The maximum atomic E-state index is 5.16. The maximum absolute atomic E-state index is 5.16. The highest BCUT2D eigenvalue weighted by Gasteiger charge is 2.18. The van der Waals surface area contributed by atoms with Gasteiger partial charge in [-0.1, -0.05) is 164 Å². The van der Waals surface area contributed by atoms with Crippen molar-refractivity contribution in [2.45, 2.75) is 0 Å². The van der Waals surface area contributed by atoms with Gasteiger partial charge in [0.2, 0.25) is 0 Å². The molecule has 0 spiro atoms. The molecule has 0 atom stereocenters. The fourth-order valence-corrected chi connectivity index (χ4v) is 9.12. The van der Waals surface area contributed by atoms with Gasteiger partial charge in [0.05, 0.1) is 39.1 Å². The summed E-state index contributed by atoms with van der Waals surface area (Å²) in [6, 6.07) is 78.1. The highest BCUT2D eigenvalue weighted by molar-refractivity contribution is 6.13. The minimum Gasteiger partial charge on any atom is -0.309 e. The number of para-hydroxylation sites is 2. The smallest absolute Gasteiger partial charge is 0.160 e. The van der Waals surface area contributed by atoms with Crippen LogP contribution in [0.25, 0.3) is 111 Å². The molecule has 0 bridgehead atoms. The van der Waals surface area contributed by atoms with Crippen molar-refractivity contribution >= 4 is 54.4 Å². The second-order valence-corrected chi connectivity index (χ2v) is 15.4. The van der Waals surface area contributed by atoms with Crippen molar-refractivity contribution in [3.63, 3.8) is 0 Å². The first kappa shape index (κ1) is 34.0. The standard InChI is InChI=1S/C56H36N4/c1-3-16-38(17-4-1)49-36-50(58-56(57-49)39-18-5-2-6-19-39)42-21-13-22-43(33-42)59-52-26-11-9-24-45(52)47-31-29-41(35-55(47)59)40-30-32-54-48(34-40)46-25-10-12-27-53(46)60(54)51-28-14-20-37-15-7-8-23-44(37)51/h1-36H. The first-order valence-electron chi connectivity index (χ1n) is 20.4. The van der Waals surface area contributed by atoms with Gasteiger partial charge in [-0.2, -0.15) is 0 Å². The maximum Gasteiger partial charge on any atom is 0.160 e. The Morgan fingerprint density at radius 3 is 1.63 bits per heavy atom. The van der Waals surface area contributed by atoms with Gasteiger partial charge in [-0.25, -0.2) is 9.97 Å². The third-order valence-corrected chi connectivity index (χ3v) is 11.9. The zero-order valence-corrected chi connectivity index (χ0v) is 32.6. The lowest BCUT2D eigenvalue weighted by Crippen LogP contribution is -1.98. The SMILES string of the molecule is c1ccc(-c2cc(-c3cccc(-n4c5ccccc5c5ccc(-c6ccc7c(c6)c6ccccc6n7-c6cccc7ccccc67)cc54)c3)nc(-c3ccccc3)n2)cc1. The van der Waals surface area contributed by atoms with Gasteiger partial charge in [-0.15, -0.1) is 0 Å². The van der Waals surface area contributed by atoms with E-state index in [-0.39, 0.29) is 0 Å². The number of nitrogens with zero attached hydrogens (tertiary/aromatic N) is 4. The third kappa shape index (κ3) is 5.53. The Morgan fingerprint density at radius 1 is 0.283 bits per heavy atom. The average Bonchev–Trinajstić information content (AvgIpc) is 3.84. The number of fused-ring (bicyclic) bond motifs is 7. The second-order valence-electron chi connectivity index (χ2n) is 15.4. The zero-order valence-electron chi connectivity index (χ0n) is 32.6. The fraction of sp³-hybridized carbons (Fsp3) is 0. The summed E-state index contributed by atoms with van der Waals surface area (Å²) in [7, 11) is 0. The van der Waals surface area contributed by atoms with Gasteiger partial charge in [-0.3, -0.25) is 0 Å². The van der Waals surface area contributed by atoms with Gasteiger partial charge in [0, 0.05) is 49.3 Å². The summed E-state index contributed by atoms with van der Waals surface area (Å²) in [5, 5.41) is 7.38. The van der Waals surface area contributed by atoms with Crippen LogP contribution >= 0.6 is 0 Å². The summed E-state index contributed by atoms with van der Waals surface area (Å²) in [5.41, 5.74) is 14.2. The van der Waals surface area contributed by atoms with E-state index in [9.17, 15) is 0 Å². The van der Waals surface area contributed by atoms with Gasteiger partial charge in [0.25, 0.3) is 0 Å². The quantitative estimate of drug-likeness (QED) is 0.169. The van der Waals surface area contributed by atoms with Crippen LogP contribution in [0.5, 0.6) is 0 Å². The van der Waals surface area contributed by atoms with Crippen LogP contribution in [0.3, 0.4) is 0 Å². The molecule has 0 aliphatic heterocycles. The molecule has 0 unspecified atom stereocenters. The first-order chi connectivity index (χ1) is 29.7. The Kier molecular flexibility index (Phi) is 7.82. The first-order valence-corrected chi connectivity index (χ1v) is 20.4. The lowest BCUT2D eigenvalue weighted by Gasteiger charge is -2.13. The van der Waals surface area contributed by atoms with Gasteiger partial charge >= 0.3 is 0 Å². The molecule has 0 amide bonds. The molecular formula is C56H36N4. The third-order valence-electron chi connectivity index (χ3n) is 11.9. The highest BCUT2D eigenvalue weighted by atomic mass is 15.0. The molecule has 0 radical (unpaired) electrons. The molecule has 0 aliphatic carbocycles. The minimum atomic E-state index is 0.705. The predicted octanol–water partition coefficient (Wildman–Crippen LogP) is 14.5. The van der Waals surface area contributed by atoms with Crippen LogP contribution in [0.1, 0.15) is 0 Å². The van der Waals surface area contributed by atoms with Crippen LogP contribution in [0, 0.1) is 0 Å². The topological polar surface area (TPSA) is 35.6 Å². The highest BCUT2D eigenvalue weighted by Crippen LogP contribution is 2.40. The average molecular weight is 765 g/mol. The van der Waals surface area contributed by atoms with Crippen LogP contribution < -0.4 is 0 Å². The molecule has 280 valence electrons. The van der Waals surface area contributed by atoms with E-state index < -0.39 is 0 Å². The number of rotatable bonds is 6. The van der Waals surface area contributed by atoms with E-state index in [1.54, 1.807) is 0 Å². The molecule has 4 heteroatoms. The molecule has 60 heavy (non-hydrogen) atoms. The zero-order chi connectivity index (χ0) is 39.6.